The minimum atomic E-state index is -0.578. The lowest BCUT2D eigenvalue weighted by atomic mass is 10.3. The van der Waals surface area contributed by atoms with Crippen molar-refractivity contribution in [1.82, 2.24) is 9.88 Å². The van der Waals surface area contributed by atoms with E-state index in [1.54, 1.807) is 36.4 Å². The summed E-state index contributed by atoms with van der Waals surface area (Å²) >= 11 is 0. The van der Waals surface area contributed by atoms with Crippen molar-refractivity contribution >= 4 is 23.0 Å². The normalized spacial score (nSPS) is 10.7. The molecule has 3 rings (SSSR count). The standard InChI is InChI=1S/C17H16N2O6/c20-15(18-10-12-4-3-9-23-12)11-24-16(21)7-8-19-13-5-1-2-6-14(13)25-17(19)22/h1-6,9H,7-8,10-11H2,(H,18,20). The third-order valence-corrected chi connectivity index (χ3v) is 3.52. The second kappa shape index (κ2) is 7.52. The predicted octanol–water partition coefficient (Wildman–Crippen LogP) is 1.44. The maximum absolute atomic E-state index is 11.8. The van der Waals surface area contributed by atoms with E-state index in [1.807, 2.05) is 0 Å². The summed E-state index contributed by atoms with van der Waals surface area (Å²) in [4.78, 5) is 35.1. The number of nitrogens with one attached hydrogen (secondary N) is 1. The van der Waals surface area contributed by atoms with Gasteiger partial charge in [-0.25, -0.2) is 4.79 Å². The molecule has 0 aliphatic heterocycles. The number of rotatable bonds is 7. The molecule has 0 spiro atoms. The van der Waals surface area contributed by atoms with Gasteiger partial charge in [0.15, 0.2) is 12.2 Å². The third-order valence-electron chi connectivity index (χ3n) is 3.52. The second-order valence-corrected chi connectivity index (χ2v) is 5.25. The molecule has 0 aliphatic carbocycles. The Morgan fingerprint density at radius 1 is 1.16 bits per heavy atom. The van der Waals surface area contributed by atoms with E-state index in [1.165, 1.54) is 10.8 Å². The van der Waals surface area contributed by atoms with Crippen LogP contribution in [0.25, 0.3) is 11.1 Å². The number of benzene rings is 1. The molecule has 130 valence electrons. The molecule has 0 fully saturated rings. The van der Waals surface area contributed by atoms with Crippen LogP contribution < -0.4 is 11.1 Å². The summed E-state index contributed by atoms with van der Waals surface area (Å²) in [6.07, 6.45) is 1.46. The number of amides is 1. The van der Waals surface area contributed by atoms with E-state index in [2.05, 4.69) is 5.32 Å². The number of carbonyl (C=O) groups is 2. The molecule has 8 nitrogen and oxygen atoms in total. The zero-order valence-corrected chi connectivity index (χ0v) is 13.3. The molecule has 1 aromatic carbocycles. The average molecular weight is 344 g/mol. The number of nitrogens with zero attached hydrogens (tertiary/aromatic N) is 1. The van der Waals surface area contributed by atoms with Crippen LogP contribution in [0.15, 0.2) is 56.3 Å². The molecule has 0 aliphatic rings. The van der Waals surface area contributed by atoms with Gasteiger partial charge in [0.25, 0.3) is 5.91 Å². The van der Waals surface area contributed by atoms with Crippen LogP contribution in [0.2, 0.25) is 0 Å². The number of fused-ring (bicyclic) bond motifs is 1. The monoisotopic (exact) mass is 344 g/mol. The summed E-state index contributed by atoms with van der Waals surface area (Å²) < 4.78 is 16.4. The van der Waals surface area contributed by atoms with Gasteiger partial charge in [0, 0.05) is 6.54 Å². The van der Waals surface area contributed by atoms with Crippen LogP contribution in [0.3, 0.4) is 0 Å². The fraction of sp³-hybridized carbons (Fsp3) is 0.235. The van der Waals surface area contributed by atoms with Crippen molar-refractivity contribution in [2.24, 2.45) is 0 Å². The number of esters is 1. The Hall–Kier alpha value is -3.29. The van der Waals surface area contributed by atoms with Gasteiger partial charge in [-0.05, 0) is 24.3 Å². The number of aryl methyl sites for hydroxylation is 1. The van der Waals surface area contributed by atoms with Crippen molar-refractivity contribution < 1.29 is 23.2 Å². The Morgan fingerprint density at radius 3 is 2.80 bits per heavy atom. The Bertz CT molecular complexity index is 922. The van der Waals surface area contributed by atoms with Gasteiger partial charge in [0.05, 0.1) is 24.7 Å². The van der Waals surface area contributed by atoms with Crippen LogP contribution in [-0.2, 0) is 27.4 Å². The number of oxazole rings is 1. The molecule has 0 saturated carbocycles. The maximum Gasteiger partial charge on any atom is 0.419 e. The van der Waals surface area contributed by atoms with Gasteiger partial charge in [0.1, 0.15) is 5.76 Å². The molecule has 2 heterocycles. The summed E-state index contributed by atoms with van der Waals surface area (Å²) in [5, 5.41) is 2.56. The molecule has 1 N–H and O–H groups in total. The fourth-order valence-corrected chi connectivity index (χ4v) is 2.30. The molecule has 0 saturated heterocycles. The lowest BCUT2D eigenvalue weighted by Crippen LogP contribution is -2.28. The van der Waals surface area contributed by atoms with Crippen molar-refractivity contribution in [2.45, 2.75) is 19.5 Å². The van der Waals surface area contributed by atoms with E-state index < -0.39 is 17.6 Å². The number of hydrogen-bond acceptors (Lipinski definition) is 6. The van der Waals surface area contributed by atoms with E-state index in [0.717, 1.165) is 0 Å². The zero-order chi connectivity index (χ0) is 17.6. The predicted molar refractivity (Wildman–Crippen MR) is 86.6 cm³/mol. The summed E-state index contributed by atoms with van der Waals surface area (Å²) in [7, 11) is 0. The summed E-state index contributed by atoms with van der Waals surface area (Å²) in [5.74, 6) is -0.947. The number of hydrogen-bond donors (Lipinski definition) is 1. The molecule has 2 aromatic heterocycles. The summed E-state index contributed by atoms with van der Waals surface area (Å²) in [5.41, 5.74) is 1.06. The Labute approximate surface area is 142 Å². The molecule has 8 heteroatoms. The van der Waals surface area contributed by atoms with E-state index in [0.29, 0.717) is 16.9 Å². The highest BCUT2D eigenvalue weighted by molar-refractivity contribution is 5.80. The van der Waals surface area contributed by atoms with Gasteiger partial charge in [-0.1, -0.05) is 12.1 Å². The molecule has 25 heavy (non-hydrogen) atoms. The third kappa shape index (κ3) is 4.17. The van der Waals surface area contributed by atoms with Gasteiger partial charge >= 0.3 is 11.7 Å². The number of carbonyl (C=O) groups excluding carboxylic acids is 2. The van der Waals surface area contributed by atoms with Crippen LogP contribution >= 0.6 is 0 Å². The first kappa shape index (κ1) is 16.6. The SMILES string of the molecule is O=C(COC(=O)CCn1c(=O)oc2ccccc21)NCc1ccco1. The molecule has 3 aromatic rings. The lowest BCUT2D eigenvalue weighted by Gasteiger charge is -2.06. The molecular weight excluding hydrogens is 328 g/mol. The number of ether oxygens (including phenoxy) is 1. The van der Waals surface area contributed by atoms with Crippen LogP contribution in [0.1, 0.15) is 12.2 Å². The van der Waals surface area contributed by atoms with Crippen LogP contribution in [0, 0.1) is 0 Å². The van der Waals surface area contributed by atoms with E-state index in [-0.39, 0.29) is 26.1 Å². The Morgan fingerprint density at radius 2 is 2.00 bits per heavy atom. The van der Waals surface area contributed by atoms with E-state index in [9.17, 15) is 14.4 Å². The quantitative estimate of drug-likeness (QED) is 0.651. The van der Waals surface area contributed by atoms with Crippen molar-refractivity contribution in [1.29, 1.82) is 0 Å². The van der Waals surface area contributed by atoms with Crippen molar-refractivity contribution in [3.63, 3.8) is 0 Å². The first-order chi connectivity index (χ1) is 12.1. The van der Waals surface area contributed by atoms with Crippen molar-refractivity contribution in [3.8, 4) is 0 Å². The van der Waals surface area contributed by atoms with Gasteiger partial charge < -0.3 is 18.9 Å². The highest BCUT2D eigenvalue weighted by atomic mass is 16.5. The van der Waals surface area contributed by atoms with Gasteiger partial charge in [-0.3, -0.25) is 14.2 Å². The Kier molecular flexibility index (Phi) is 4.98. The van der Waals surface area contributed by atoms with Crippen LogP contribution in [0.4, 0.5) is 0 Å². The van der Waals surface area contributed by atoms with Crippen LogP contribution in [-0.4, -0.2) is 23.1 Å². The van der Waals surface area contributed by atoms with Crippen LogP contribution in [0.5, 0.6) is 0 Å². The highest BCUT2D eigenvalue weighted by Crippen LogP contribution is 2.12. The average Bonchev–Trinajstić information content (AvgIpc) is 3.23. The smallest absolute Gasteiger partial charge is 0.419 e. The Balaban J connectivity index is 1.45. The van der Waals surface area contributed by atoms with Gasteiger partial charge in [-0.15, -0.1) is 0 Å². The van der Waals surface area contributed by atoms with Crippen molar-refractivity contribution in [3.05, 3.63) is 59.0 Å². The minimum absolute atomic E-state index is 0.0467. The first-order valence-electron chi connectivity index (χ1n) is 7.66. The van der Waals surface area contributed by atoms with Gasteiger partial charge in [0.2, 0.25) is 0 Å². The molecule has 0 radical (unpaired) electrons. The molecule has 0 bridgehead atoms. The molecule has 0 atom stereocenters. The minimum Gasteiger partial charge on any atom is -0.467 e. The van der Waals surface area contributed by atoms with E-state index >= 15 is 0 Å². The first-order valence-corrected chi connectivity index (χ1v) is 7.66. The van der Waals surface area contributed by atoms with Gasteiger partial charge in [-0.2, -0.15) is 0 Å². The number of furan rings is 1. The van der Waals surface area contributed by atoms with Crippen molar-refractivity contribution in [2.75, 3.05) is 6.61 Å². The largest absolute Gasteiger partial charge is 0.467 e. The lowest BCUT2D eigenvalue weighted by molar-refractivity contribution is -0.148. The second-order valence-electron chi connectivity index (χ2n) is 5.25. The zero-order valence-electron chi connectivity index (χ0n) is 13.3. The number of aromatic nitrogens is 1. The van der Waals surface area contributed by atoms with E-state index in [4.69, 9.17) is 13.6 Å². The summed E-state index contributed by atoms with van der Waals surface area (Å²) in [6.45, 7) is -0.0525. The highest BCUT2D eigenvalue weighted by Gasteiger charge is 2.12. The maximum atomic E-state index is 11.8. The fourth-order valence-electron chi connectivity index (χ4n) is 2.30. The molecular formula is C17H16N2O6. The summed E-state index contributed by atoms with van der Waals surface area (Å²) in [6, 6.07) is 10.4. The topological polar surface area (TPSA) is 104 Å². The number of para-hydroxylation sites is 2. The molecule has 1 amide bonds. The molecule has 0 unspecified atom stereocenters.